The Morgan fingerprint density at radius 3 is 2.44 bits per heavy atom. The highest BCUT2D eigenvalue weighted by Crippen LogP contribution is 2.37. The third-order valence-electron chi connectivity index (χ3n) is 4.15. The summed E-state index contributed by atoms with van der Waals surface area (Å²) in [5.74, 6) is 0. The first-order valence-electron chi connectivity index (χ1n) is 6.60. The Hall–Kier alpha value is -0.120. The van der Waals surface area contributed by atoms with Crippen molar-refractivity contribution in [2.45, 2.75) is 63.7 Å². The molecule has 1 saturated carbocycles. The summed E-state index contributed by atoms with van der Waals surface area (Å²) >= 11 is 0. The van der Waals surface area contributed by atoms with Gasteiger partial charge in [-0.05, 0) is 33.6 Å². The Kier molecular flexibility index (Phi) is 3.30. The SMILES string of the molecule is CC1CN(C2(CN)CCCC2)CC(C)(C)O1. The van der Waals surface area contributed by atoms with Gasteiger partial charge in [0.15, 0.2) is 0 Å². The largest absolute Gasteiger partial charge is 0.370 e. The standard InChI is InChI=1S/C13H26N2O/c1-11-8-15(10-12(2,3)16-11)13(9-14)6-4-5-7-13/h11H,4-10,14H2,1-3H3. The molecule has 0 spiro atoms. The monoisotopic (exact) mass is 226 g/mol. The van der Waals surface area contributed by atoms with E-state index in [1.54, 1.807) is 0 Å². The zero-order valence-corrected chi connectivity index (χ0v) is 11.0. The molecule has 2 fully saturated rings. The Morgan fingerprint density at radius 2 is 1.94 bits per heavy atom. The molecule has 0 aromatic heterocycles. The lowest BCUT2D eigenvalue weighted by molar-refractivity contribution is -0.151. The Labute approximate surface area is 99.3 Å². The van der Waals surface area contributed by atoms with Gasteiger partial charge in [0.25, 0.3) is 0 Å². The molecule has 0 radical (unpaired) electrons. The van der Waals surface area contributed by atoms with Gasteiger partial charge >= 0.3 is 0 Å². The van der Waals surface area contributed by atoms with Gasteiger partial charge in [0, 0.05) is 25.2 Å². The fourth-order valence-electron chi connectivity index (χ4n) is 3.50. The molecule has 0 amide bonds. The summed E-state index contributed by atoms with van der Waals surface area (Å²) in [5.41, 5.74) is 6.30. The van der Waals surface area contributed by atoms with Crippen LogP contribution in [0.1, 0.15) is 46.5 Å². The van der Waals surface area contributed by atoms with Gasteiger partial charge in [0.05, 0.1) is 11.7 Å². The van der Waals surface area contributed by atoms with Crippen molar-refractivity contribution < 1.29 is 4.74 Å². The normalized spacial score (nSPS) is 34.1. The van der Waals surface area contributed by atoms with Crippen LogP contribution in [0.2, 0.25) is 0 Å². The van der Waals surface area contributed by atoms with Crippen LogP contribution < -0.4 is 5.73 Å². The topological polar surface area (TPSA) is 38.5 Å². The lowest BCUT2D eigenvalue weighted by atomic mass is 9.91. The van der Waals surface area contributed by atoms with E-state index in [9.17, 15) is 0 Å². The number of nitrogens with zero attached hydrogens (tertiary/aromatic N) is 1. The van der Waals surface area contributed by atoms with Gasteiger partial charge in [0.1, 0.15) is 0 Å². The number of ether oxygens (including phenoxy) is 1. The van der Waals surface area contributed by atoms with E-state index in [0.29, 0.717) is 6.10 Å². The molecule has 2 N–H and O–H groups in total. The summed E-state index contributed by atoms with van der Waals surface area (Å²) in [6, 6.07) is 0. The summed E-state index contributed by atoms with van der Waals surface area (Å²) in [4.78, 5) is 2.61. The minimum Gasteiger partial charge on any atom is -0.370 e. The quantitative estimate of drug-likeness (QED) is 0.779. The van der Waals surface area contributed by atoms with Gasteiger partial charge in [0.2, 0.25) is 0 Å². The van der Waals surface area contributed by atoms with Crippen LogP contribution in [0, 0.1) is 0 Å². The molecule has 3 nitrogen and oxygen atoms in total. The molecule has 1 unspecified atom stereocenters. The van der Waals surface area contributed by atoms with Crippen molar-refractivity contribution in [3.05, 3.63) is 0 Å². The fraction of sp³-hybridized carbons (Fsp3) is 1.00. The molecule has 3 heteroatoms. The van der Waals surface area contributed by atoms with Crippen LogP contribution in [0.25, 0.3) is 0 Å². The minimum absolute atomic E-state index is 0.0254. The molecule has 1 saturated heterocycles. The second-order valence-corrected chi connectivity index (χ2v) is 6.20. The minimum atomic E-state index is -0.0254. The zero-order valence-electron chi connectivity index (χ0n) is 11.0. The fourth-order valence-corrected chi connectivity index (χ4v) is 3.50. The highest BCUT2D eigenvalue weighted by atomic mass is 16.5. The van der Waals surface area contributed by atoms with Crippen LogP contribution in [0.3, 0.4) is 0 Å². The van der Waals surface area contributed by atoms with E-state index in [4.69, 9.17) is 10.5 Å². The van der Waals surface area contributed by atoms with E-state index in [1.165, 1.54) is 25.7 Å². The van der Waals surface area contributed by atoms with E-state index in [0.717, 1.165) is 19.6 Å². The molecular formula is C13H26N2O. The van der Waals surface area contributed by atoms with Gasteiger partial charge in [-0.25, -0.2) is 0 Å². The van der Waals surface area contributed by atoms with Crippen molar-refractivity contribution in [3.63, 3.8) is 0 Å². The highest BCUT2D eigenvalue weighted by molar-refractivity contribution is 4.99. The second-order valence-electron chi connectivity index (χ2n) is 6.20. The van der Waals surface area contributed by atoms with Gasteiger partial charge in [-0.1, -0.05) is 12.8 Å². The van der Waals surface area contributed by atoms with E-state index >= 15 is 0 Å². The average molecular weight is 226 g/mol. The lowest BCUT2D eigenvalue weighted by Crippen LogP contribution is -2.62. The number of nitrogens with two attached hydrogens (primary N) is 1. The van der Waals surface area contributed by atoms with Crippen molar-refractivity contribution >= 4 is 0 Å². The summed E-state index contributed by atoms with van der Waals surface area (Å²) in [6.07, 6.45) is 5.54. The molecular weight excluding hydrogens is 200 g/mol. The van der Waals surface area contributed by atoms with Crippen molar-refractivity contribution in [1.29, 1.82) is 0 Å². The van der Waals surface area contributed by atoms with E-state index < -0.39 is 0 Å². The third-order valence-corrected chi connectivity index (χ3v) is 4.15. The van der Waals surface area contributed by atoms with Crippen LogP contribution in [-0.2, 0) is 4.74 Å². The van der Waals surface area contributed by atoms with E-state index in [2.05, 4.69) is 25.7 Å². The predicted molar refractivity (Wildman–Crippen MR) is 66.5 cm³/mol. The highest BCUT2D eigenvalue weighted by Gasteiger charge is 2.43. The maximum absolute atomic E-state index is 6.05. The molecule has 1 atom stereocenters. The summed E-state index contributed by atoms with van der Waals surface area (Å²) in [5, 5.41) is 0. The summed E-state index contributed by atoms with van der Waals surface area (Å²) in [7, 11) is 0. The summed E-state index contributed by atoms with van der Waals surface area (Å²) < 4.78 is 5.97. The third kappa shape index (κ3) is 2.27. The van der Waals surface area contributed by atoms with Crippen LogP contribution in [0.5, 0.6) is 0 Å². The molecule has 1 aliphatic carbocycles. The molecule has 16 heavy (non-hydrogen) atoms. The van der Waals surface area contributed by atoms with E-state index in [-0.39, 0.29) is 11.1 Å². The van der Waals surface area contributed by atoms with Crippen molar-refractivity contribution in [1.82, 2.24) is 4.90 Å². The van der Waals surface area contributed by atoms with Gasteiger partial charge in [-0.2, -0.15) is 0 Å². The Morgan fingerprint density at radius 1 is 1.31 bits per heavy atom. The molecule has 94 valence electrons. The molecule has 2 aliphatic rings. The molecule has 0 bridgehead atoms. The zero-order chi connectivity index (χ0) is 11.8. The smallest absolute Gasteiger partial charge is 0.0757 e. The van der Waals surface area contributed by atoms with Gasteiger partial charge in [-0.3, -0.25) is 4.90 Å². The van der Waals surface area contributed by atoms with Crippen molar-refractivity contribution in [3.8, 4) is 0 Å². The summed E-state index contributed by atoms with van der Waals surface area (Å²) in [6.45, 7) is 9.42. The number of hydrogen-bond acceptors (Lipinski definition) is 3. The molecule has 2 rings (SSSR count). The second kappa shape index (κ2) is 4.28. The van der Waals surface area contributed by atoms with Crippen LogP contribution in [-0.4, -0.2) is 41.8 Å². The van der Waals surface area contributed by atoms with Crippen molar-refractivity contribution in [2.75, 3.05) is 19.6 Å². The maximum Gasteiger partial charge on any atom is 0.0757 e. The van der Waals surface area contributed by atoms with Gasteiger partial charge in [-0.15, -0.1) is 0 Å². The molecule has 0 aromatic rings. The maximum atomic E-state index is 6.05. The Bertz CT molecular complexity index is 246. The molecule has 0 aromatic carbocycles. The van der Waals surface area contributed by atoms with Crippen LogP contribution >= 0.6 is 0 Å². The van der Waals surface area contributed by atoms with Crippen LogP contribution in [0.15, 0.2) is 0 Å². The molecule has 1 heterocycles. The van der Waals surface area contributed by atoms with Gasteiger partial charge < -0.3 is 10.5 Å². The number of rotatable bonds is 2. The Balaban J connectivity index is 2.13. The molecule has 1 aliphatic heterocycles. The lowest BCUT2D eigenvalue weighted by Gasteiger charge is -2.50. The first-order chi connectivity index (χ1) is 7.47. The number of hydrogen-bond donors (Lipinski definition) is 1. The van der Waals surface area contributed by atoms with Crippen LogP contribution in [0.4, 0.5) is 0 Å². The van der Waals surface area contributed by atoms with Crippen molar-refractivity contribution in [2.24, 2.45) is 5.73 Å². The predicted octanol–water partition coefficient (Wildman–Crippen LogP) is 1.76. The van der Waals surface area contributed by atoms with E-state index in [1.807, 2.05) is 0 Å². The first-order valence-corrected chi connectivity index (χ1v) is 6.60. The number of morpholine rings is 1. The first kappa shape index (κ1) is 12.3. The average Bonchev–Trinajstić information content (AvgIpc) is 2.63.